The van der Waals surface area contributed by atoms with Crippen LogP contribution >= 0.6 is 0 Å². The molecule has 0 radical (unpaired) electrons. The molecular weight excluding hydrogens is 246 g/mol. The van der Waals surface area contributed by atoms with E-state index in [-0.39, 0.29) is 11.5 Å². The predicted molar refractivity (Wildman–Crippen MR) is 73.2 cm³/mol. The molecule has 100 valence electrons. The SMILES string of the molecule is CN(C)c1ccc(Cn2ncc([N+](=O)[O-])c2N)cc1. The molecule has 0 saturated heterocycles. The number of anilines is 2. The highest BCUT2D eigenvalue weighted by Gasteiger charge is 2.17. The first-order chi connectivity index (χ1) is 8.99. The first kappa shape index (κ1) is 12.9. The molecule has 2 aromatic rings. The molecule has 7 nitrogen and oxygen atoms in total. The lowest BCUT2D eigenvalue weighted by Crippen LogP contribution is -2.09. The molecule has 0 atom stereocenters. The molecule has 1 aromatic heterocycles. The minimum atomic E-state index is -0.534. The fourth-order valence-corrected chi connectivity index (χ4v) is 1.72. The first-order valence-corrected chi connectivity index (χ1v) is 5.71. The molecule has 0 aliphatic heterocycles. The summed E-state index contributed by atoms with van der Waals surface area (Å²) in [5.74, 6) is 0.0710. The van der Waals surface area contributed by atoms with Gasteiger partial charge in [0, 0.05) is 19.8 Å². The van der Waals surface area contributed by atoms with Crippen LogP contribution in [0.5, 0.6) is 0 Å². The Morgan fingerprint density at radius 3 is 2.47 bits per heavy atom. The van der Waals surface area contributed by atoms with Crippen LogP contribution in [0.3, 0.4) is 0 Å². The lowest BCUT2D eigenvalue weighted by molar-refractivity contribution is -0.384. The van der Waals surface area contributed by atoms with E-state index in [1.165, 1.54) is 10.9 Å². The smallest absolute Gasteiger partial charge is 0.330 e. The Balaban J connectivity index is 2.19. The van der Waals surface area contributed by atoms with Gasteiger partial charge in [0.2, 0.25) is 5.82 Å². The maximum absolute atomic E-state index is 10.7. The Morgan fingerprint density at radius 1 is 1.37 bits per heavy atom. The molecule has 0 amide bonds. The van der Waals surface area contributed by atoms with Crippen molar-refractivity contribution in [1.82, 2.24) is 9.78 Å². The lowest BCUT2D eigenvalue weighted by Gasteiger charge is -2.12. The van der Waals surface area contributed by atoms with Gasteiger partial charge in [-0.15, -0.1) is 0 Å². The number of nitrogens with two attached hydrogens (primary N) is 1. The van der Waals surface area contributed by atoms with Crippen molar-refractivity contribution in [1.29, 1.82) is 0 Å². The van der Waals surface area contributed by atoms with Crippen molar-refractivity contribution >= 4 is 17.2 Å². The Kier molecular flexibility index (Phi) is 3.37. The van der Waals surface area contributed by atoms with Crippen LogP contribution in [-0.2, 0) is 6.54 Å². The lowest BCUT2D eigenvalue weighted by atomic mass is 10.2. The molecule has 2 rings (SSSR count). The fourth-order valence-electron chi connectivity index (χ4n) is 1.72. The number of nitrogens with zero attached hydrogens (tertiary/aromatic N) is 4. The second-order valence-electron chi connectivity index (χ2n) is 4.39. The molecule has 0 bridgehead atoms. The number of rotatable bonds is 4. The minimum absolute atomic E-state index is 0.0710. The molecule has 0 fully saturated rings. The number of nitrogen functional groups attached to an aromatic ring is 1. The van der Waals surface area contributed by atoms with E-state index >= 15 is 0 Å². The average Bonchev–Trinajstić information content (AvgIpc) is 2.72. The summed E-state index contributed by atoms with van der Waals surface area (Å²) in [5, 5.41) is 14.6. The molecule has 0 spiro atoms. The fraction of sp³-hybridized carbons (Fsp3) is 0.250. The van der Waals surface area contributed by atoms with E-state index in [1.54, 1.807) is 0 Å². The third-order valence-electron chi connectivity index (χ3n) is 2.84. The second-order valence-corrected chi connectivity index (χ2v) is 4.39. The summed E-state index contributed by atoms with van der Waals surface area (Å²) in [6.07, 6.45) is 1.17. The van der Waals surface area contributed by atoms with Crippen LogP contribution in [0.15, 0.2) is 30.5 Å². The van der Waals surface area contributed by atoms with Gasteiger partial charge in [0.1, 0.15) is 6.20 Å². The van der Waals surface area contributed by atoms with Gasteiger partial charge in [0.15, 0.2) is 0 Å². The molecule has 0 unspecified atom stereocenters. The van der Waals surface area contributed by atoms with Gasteiger partial charge in [-0.1, -0.05) is 12.1 Å². The molecular formula is C12H15N5O2. The van der Waals surface area contributed by atoms with Crippen LogP contribution < -0.4 is 10.6 Å². The van der Waals surface area contributed by atoms with E-state index in [9.17, 15) is 10.1 Å². The zero-order valence-corrected chi connectivity index (χ0v) is 10.8. The maximum atomic E-state index is 10.7. The van der Waals surface area contributed by atoms with Gasteiger partial charge in [-0.25, -0.2) is 4.68 Å². The van der Waals surface area contributed by atoms with Crippen molar-refractivity contribution in [2.24, 2.45) is 0 Å². The largest absolute Gasteiger partial charge is 0.378 e. The van der Waals surface area contributed by atoms with Gasteiger partial charge >= 0.3 is 5.69 Å². The maximum Gasteiger partial charge on any atom is 0.330 e. The normalized spacial score (nSPS) is 10.4. The summed E-state index contributed by atoms with van der Waals surface area (Å²) in [6.45, 7) is 0.410. The van der Waals surface area contributed by atoms with Crippen molar-refractivity contribution in [3.8, 4) is 0 Å². The van der Waals surface area contributed by atoms with E-state index in [4.69, 9.17) is 5.73 Å². The van der Waals surface area contributed by atoms with Crippen LogP contribution in [0.1, 0.15) is 5.56 Å². The van der Waals surface area contributed by atoms with Gasteiger partial charge in [0.05, 0.1) is 11.5 Å². The van der Waals surface area contributed by atoms with Crippen LogP contribution in [0.25, 0.3) is 0 Å². The Labute approximate surface area is 110 Å². The summed E-state index contributed by atoms with van der Waals surface area (Å²) in [7, 11) is 3.92. The Hall–Kier alpha value is -2.57. The van der Waals surface area contributed by atoms with Crippen LogP contribution in [-0.4, -0.2) is 28.8 Å². The molecule has 19 heavy (non-hydrogen) atoms. The number of hydrogen-bond donors (Lipinski definition) is 1. The van der Waals surface area contributed by atoms with Crippen LogP contribution in [0, 0.1) is 10.1 Å². The predicted octanol–water partition coefficient (Wildman–Crippen LogP) is 1.49. The Bertz CT molecular complexity index is 589. The van der Waals surface area contributed by atoms with E-state index < -0.39 is 4.92 Å². The number of benzene rings is 1. The highest BCUT2D eigenvalue weighted by molar-refractivity contribution is 5.52. The highest BCUT2D eigenvalue weighted by atomic mass is 16.6. The van der Waals surface area contributed by atoms with Gasteiger partial charge < -0.3 is 10.6 Å². The number of aromatic nitrogens is 2. The molecule has 0 aliphatic rings. The Morgan fingerprint density at radius 2 is 2.00 bits per heavy atom. The van der Waals surface area contributed by atoms with Crippen molar-refractivity contribution in [2.75, 3.05) is 24.7 Å². The van der Waals surface area contributed by atoms with Gasteiger partial charge in [0.25, 0.3) is 0 Å². The number of hydrogen-bond acceptors (Lipinski definition) is 5. The van der Waals surface area contributed by atoms with Gasteiger partial charge in [-0.3, -0.25) is 10.1 Å². The summed E-state index contributed by atoms with van der Waals surface area (Å²) in [4.78, 5) is 12.1. The third-order valence-corrected chi connectivity index (χ3v) is 2.84. The van der Waals surface area contributed by atoms with E-state index in [0.717, 1.165) is 11.3 Å². The summed E-state index contributed by atoms with van der Waals surface area (Å²) in [6, 6.07) is 7.84. The molecule has 0 aliphatic carbocycles. The van der Waals surface area contributed by atoms with E-state index in [2.05, 4.69) is 5.10 Å². The van der Waals surface area contributed by atoms with E-state index in [1.807, 2.05) is 43.3 Å². The van der Waals surface area contributed by atoms with Gasteiger partial charge in [-0.2, -0.15) is 5.10 Å². The quantitative estimate of drug-likeness (QED) is 0.665. The first-order valence-electron chi connectivity index (χ1n) is 5.71. The van der Waals surface area contributed by atoms with Crippen LogP contribution in [0.2, 0.25) is 0 Å². The van der Waals surface area contributed by atoms with Crippen molar-refractivity contribution in [2.45, 2.75) is 6.54 Å². The average molecular weight is 261 g/mol. The topological polar surface area (TPSA) is 90.2 Å². The molecule has 7 heteroatoms. The zero-order valence-electron chi connectivity index (χ0n) is 10.8. The van der Waals surface area contributed by atoms with Crippen molar-refractivity contribution in [3.63, 3.8) is 0 Å². The van der Waals surface area contributed by atoms with Crippen LogP contribution in [0.4, 0.5) is 17.2 Å². The monoisotopic (exact) mass is 261 g/mol. The highest BCUT2D eigenvalue weighted by Crippen LogP contribution is 2.21. The third kappa shape index (κ3) is 2.65. The number of nitro groups is 1. The summed E-state index contributed by atoms with van der Waals surface area (Å²) >= 11 is 0. The summed E-state index contributed by atoms with van der Waals surface area (Å²) < 4.78 is 1.42. The minimum Gasteiger partial charge on any atom is -0.378 e. The zero-order chi connectivity index (χ0) is 14.0. The molecule has 2 N–H and O–H groups in total. The van der Waals surface area contributed by atoms with Crippen molar-refractivity contribution in [3.05, 3.63) is 46.1 Å². The summed E-state index contributed by atoms with van der Waals surface area (Å²) in [5.41, 5.74) is 7.59. The molecule has 0 saturated carbocycles. The van der Waals surface area contributed by atoms with E-state index in [0.29, 0.717) is 6.54 Å². The van der Waals surface area contributed by atoms with Crippen molar-refractivity contribution < 1.29 is 4.92 Å². The molecule has 1 aromatic carbocycles. The second kappa shape index (κ2) is 4.97. The molecule has 1 heterocycles. The van der Waals surface area contributed by atoms with Gasteiger partial charge in [-0.05, 0) is 17.7 Å². The standard InChI is InChI=1S/C12H15N5O2/c1-15(2)10-5-3-9(4-6-10)8-16-12(13)11(7-14-16)17(18)19/h3-7H,8,13H2,1-2H3.